The van der Waals surface area contributed by atoms with E-state index in [4.69, 9.17) is 4.74 Å². The largest absolute Gasteiger partial charge is 0.493 e. The molecular weight excluding hydrogens is 507 g/mol. The first-order valence-electron chi connectivity index (χ1n) is 14.4. The molecule has 3 aromatic rings. The second kappa shape index (κ2) is 12.2. The third-order valence-electron chi connectivity index (χ3n) is 8.52. The Kier molecular flexibility index (Phi) is 8.52. The SMILES string of the molecule is CN1CC2(CCCCc3ccccc3OCCCC1=O)CCN(C(=O)c1cc(-c3ccc(F)cc3)nn1C)CC2. The quantitative estimate of drug-likeness (QED) is 0.426. The summed E-state index contributed by atoms with van der Waals surface area (Å²) in [5.41, 5.74) is 3.17. The van der Waals surface area contributed by atoms with Crippen molar-refractivity contribution in [3.8, 4) is 17.0 Å². The van der Waals surface area contributed by atoms with Gasteiger partial charge in [-0.2, -0.15) is 5.10 Å². The summed E-state index contributed by atoms with van der Waals surface area (Å²) in [6.07, 6.45) is 7.00. The van der Waals surface area contributed by atoms with Gasteiger partial charge in [0.2, 0.25) is 5.91 Å². The lowest BCUT2D eigenvalue weighted by Gasteiger charge is -2.44. The molecule has 0 radical (unpaired) electrons. The van der Waals surface area contributed by atoms with Crippen LogP contribution in [0.5, 0.6) is 5.75 Å². The molecule has 0 N–H and O–H groups in total. The van der Waals surface area contributed by atoms with Gasteiger partial charge in [-0.1, -0.05) is 24.6 Å². The van der Waals surface area contributed by atoms with Crippen LogP contribution in [0.15, 0.2) is 54.6 Å². The van der Waals surface area contributed by atoms with E-state index >= 15 is 0 Å². The number of aryl methyl sites for hydroxylation is 2. The number of aromatic nitrogens is 2. The van der Waals surface area contributed by atoms with Gasteiger partial charge in [-0.3, -0.25) is 14.3 Å². The summed E-state index contributed by atoms with van der Waals surface area (Å²) in [6.45, 7) is 2.55. The van der Waals surface area contributed by atoms with Crippen molar-refractivity contribution in [3.05, 3.63) is 71.7 Å². The Balaban J connectivity index is 1.27. The highest BCUT2D eigenvalue weighted by atomic mass is 19.1. The van der Waals surface area contributed by atoms with Crippen LogP contribution < -0.4 is 4.74 Å². The van der Waals surface area contributed by atoms with Crippen LogP contribution in [0.4, 0.5) is 4.39 Å². The van der Waals surface area contributed by atoms with Crippen molar-refractivity contribution in [2.75, 3.05) is 33.3 Å². The van der Waals surface area contributed by atoms with Crippen LogP contribution in [-0.4, -0.2) is 64.7 Å². The number of nitrogens with zero attached hydrogens (tertiary/aromatic N) is 4. The number of hydrogen-bond donors (Lipinski definition) is 0. The number of amides is 2. The summed E-state index contributed by atoms with van der Waals surface area (Å²) < 4.78 is 21.0. The average Bonchev–Trinajstić information content (AvgIpc) is 3.35. The fourth-order valence-electron chi connectivity index (χ4n) is 6.12. The minimum Gasteiger partial charge on any atom is -0.493 e. The molecule has 5 rings (SSSR count). The molecule has 0 unspecified atom stereocenters. The second-order valence-corrected chi connectivity index (χ2v) is 11.4. The highest BCUT2D eigenvalue weighted by molar-refractivity contribution is 5.93. The van der Waals surface area contributed by atoms with Gasteiger partial charge in [-0.25, -0.2) is 4.39 Å². The molecule has 0 atom stereocenters. The Bertz CT molecular complexity index is 1330. The highest BCUT2D eigenvalue weighted by Gasteiger charge is 2.38. The lowest BCUT2D eigenvalue weighted by molar-refractivity contribution is -0.132. The van der Waals surface area contributed by atoms with Crippen LogP contribution >= 0.6 is 0 Å². The molecular formula is C32H39FN4O3. The van der Waals surface area contributed by atoms with Crippen molar-refractivity contribution in [2.24, 2.45) is 12.5 Å². The standard InChI is InChI=1S/C32H39FN4O3/c1-35-23-32(16-6-5-9-25-8-3-4-10-29(25)40-21-7-11-30(35)38)17-19-37(20-18-32)31(39)28-22-27(34-36(28)2)24-12-14-26(33)15-13-24/h3-4,8,10,12-15,22H,5-7,9,11,16-21,23H2,1-2H3. The number of ether oxygens (including phenoxy) is 1. The summed E-state index contributed by atoms with van der Waals surface area (Å²) in [5, 5.41) is 4.51. The fourth-order valence-corrected chi connectivity index (χ4v) is 6.12. The molecule has 0 aliphatic carbocycles. The zero-order valence-electron chi connectivity index (χ0n) is 23.6. The van der Waals surface area contributed by atoms with Crippen molar-refractivity contribution in [2.45, 2.75) is 51.4 Å². The van der Waals surface area contributed by atoms with E-state index in [1.807, 2.05) is 29.0 Å². The molecule has 0 saturated carbocycles. The van der Waals surface area contributed by atoms with E-state index in [1.54, 1.807) is 29.9 Å². The van der Waals surface area contributed by atoms with Gasteiger partial charge in [-0.05, 0) is 85.9 Å². The molecule has 3 heterocycles. The monoisotopic (exact) mass is 546 g/mol. The van der Waals surface area contributed by atoms with Gasteiger partial charge < -0.3 is 14.5 Å². The lowest BCUT2D eigenvalue weighted by Crippen LogP contribution is -2.48. The number of carbonyl (C=O) groups is 2. The maximum Gasteiger partial charge on any atom is 0.272 e. The van der Waals surface area contributed by atoms with E-state index in [-0.39, 0.29) is 23.0 Å². The van der Waals surface area contributed by atoms with Crippen LogP contribution in [0.1, 0.15) is 61.0 Å². The first-order valence-corrected chi connectivity index (χ1v) is 14.4. The molecule has 8 heteroatoms. The Labute approximate surface area is 235 Å². The number of rotatable bonds is 2. The number of likely N-dealkylation sites (tertiary alicyclic amines) is 1. The van der Waals surface area contributed by atoms with Crippen molar-refractivity contribution < 1.29 is 18.7 Å². The molecule has 1 fully saturated rings. The van der Waals surface area contributed by atoms with Crippen LogP contribution in [0.2, 0.25) is 0 Å². The van der Waals surface area contributed by atoms with Gasteiger partial charge in [0.25, 0.3) is 5.91 Å². The van der Waals surface area contributed by atoms with Gasteiger partial charge >= 0.3 is 0 Å². The fraction of sp³-hybridized carbons (Fsp3) is 0.469. The maximum atomic E-state index is 13.5. The third kappa shape index (κ3) is 6.37. The number of fused-ring (bicyclic) bond motifs is 1. The molecule has 2 amide bonds. The van der Waals surface area contributed by atoms with Crippen LogP contribution in [-0.2, 0) is 18.3 Å². The van der Waals surface area contributed by atoms with Crippen LogP contribution in [0.25, 0.3) is 11.3 Å². The lowest BCUT2D eigenvalue weighted by atomic mass is 9.73. The third-order valence-corrected chi connectivity index (χ3v) is 8.52. The van der Waals surface area contributed by atoms with Crippen molar-refractivity contribution in [1.82, 2.24) is 19.6 Å². The molecule has 40 heavy (non-hydrogen) atoms. The van der Waals surface area contributed by atoms with Gasteiger partial charge in [0.15, 0.2) is 0 Å². The molecule has 2 aliphatic heterocycles. The smallest absolute Gasteiger partial charge is 0.272 e. The van der Waals surface area contributed by atoms with Gasteiger partial charge in [0.05, 0.1) is 12.3 Å². The van der Waals surface area contributed by atoms with E-state index in [2.05, 4.69) is 17.2 Å². The summed E-state index contributed by atoms with van der Waals surface area (Å²) in [6, 6.07) is 16.2. The normalized spacial score (nSPS) is 18.6. The topological polar surface area (TPSA) is 67.7 Å². The number of benzene rings is 2. The predicted octanol–water partition coefficient (Wildman–Crippen LogP) is 5.49. The summed E-state index contributed by atoms with van der Waals surface area (Å²) >= 11 is 0. The van der Waals surface area contributed by atoms with Crippen molar-refractivity contribution in [3.63, 3.8) is 0 Å². The number of piperidine rings is 1. The molecule has 212 valence electrons. The summed E-state index contributed by atoms with van der Waals surface area (Å²) in [4.78, 5) is 30.3. The average molecular weight is 547 g/mol. The van der Waals surface area contributed by atoms with Crippen LogP contribution in [0, 0.1) is 11.2 Å². The van der Waals surface area contributed by atoms with Crippen molar-refractivity contribution in [1.29, 1.82) is 0 Å². The molecule has 1 spiro atoms. The second-order valence-electron chi connectivity index (χ2n) is 11.4. The summed E-state index contributed by atoms with van der Waals surface area (Å²) in [5.74, 6) is 0.733. The van der Waals surface area contributed by atoms with E-state index in [9.17, 15) is 14.0 Å². The molecule has 2 aromatic carbocycles. The van der Waals surface area contributed by atoms with E-state index in [0.717, 1.165) is 49.8 Å². The maximum absolute atomic E-state index is 13.5. The zero-order chi connectivity index (χ0) is 28.1. The first-order chi connectivity index (χ1) is 19.3. The minimum atomic E-state index is -0.304. The zero-order valence-corrected chi connectivity index (χ0v) is 23.6. The molecule has 1 aromatic heterocycles. The summed E-state index contributed by atoms with van der Waals surface area (Å²) in [7, 11) is 3.68. The number of hydrogen-bond acceptors (Lipinski definition) is 4. The predicted molar refractivity (Wildman–Crippen MR) is 153 cm³/mol. The van der Waals surface area contributed by atoms with Gasteiger partial charge in [-0.15, -0.1) is 0 Å². The van der Waals surface area contributed by atoms with E-state index in [0.29, 0.717) is 50.5 Å². The first kappa shape index (κ1) is 27.9. The van der Waals surface area contributed by atoms with Crippen molar-refractivity contribution >= 4 is 11.8 Å². The number of para-hydroxylation sites is 1. The van der Waals surface area contributed by atoms with E-state index < -0.39 is 0 Å². The molecule has 7 nitrogen and oxygen atoms in total. The Hall–Kier alpha value is -3.68. The Morgan fingerprint density at radius 3 is 2.48 bits per heavy atom. The van der Waals surface area contributed by atoms with Gasteiger partial charge in [0, 0.05) is 45.7 Å². The van der Waals surface area contributed by atoms with Crippen LogP contribution in [0.3, 0.4) is 0 Å². The number of carbonyl (C=O) groups excluding carboxylic acids is 2. The van der Waals surface area contributed by atoms with E-state index in [1.165, 1.54) is 17.7 Å². The highest BCUT2D eigenvalue weighted by Crippen LogP contribution is 2.38. The molecule has 0 bridgehead atoms. The Morgan fingerprint density at radius 2 is 1.70 bits per heavy atom. The van der Waals surface area contributed by atoms with Gasteiger partial charge in [0.1, 0.15) is 17.3 Å². The molecule has 1 saturated heterocycles. The minimum absolute atomic E-state index is 0.00689. The Morgan fingerprint density at radius 1 is 0.950 bits per heavy atom. The molecule has 2 aliphatic rings. The number of halogens is 1.